The first-order valence-electron chi connectivity index (χ1n) is 12.3. The Labute approximate surface area is 212 Å². The van der Waals surface area contributed by atoms with Crippen LogP contribution in [0.4, 0.5) is 5.69 Å². The Kier molecular flexibility index (Phi) is 5.36. The molecule has 5 heterocycles. The van der Waals surface area contributed by atoms with E-state index in [1.807, 2.05) is 30.0 Å². The number of aryl methyl sites for hydroxylation is 1. The second-order valence-corrected chi connectivity index (χ2v) is 9.73. The molecule has 11 heteroatoms. The number of fused-ring (bicyclic) bond motifs is 1. The highest BCUT2D eigenvalue weighted by Crippen LogP contribution is 2.44. The molecule has 37 heavy (non-hydrogen) atoms. The number of hydrogen-bond donors (Lipinski definition) is 2. The molecule has 3 aromatic heterocycles. The molecule has 1 spiro atoms. The Balaban J connectivity index is 1.20. The normalized spacial score (nSPS) is 17.2. The lowest BCUT2D eigenvalue weighted by atomic mass is 9.77. The van der Waals surface area contributed by atoms with Crippen LogP contribution in [0.2, 0.25) is 0 Å². The van der Waals surface area contributed by atoms with Gasteiger partial charge in [-0.1, -0.05) is 0 Å². The maximum Gasteiger partial charge on any atom is 0.275 e. The summed E-state index contributed by atoms with van der Waals surface area (Å²) in [6.07, 6.45) is 6.74. The van der Waals surface area contributed by atoms with E-state index in [2.05, 4.69) is 20.3 Å². The van der Waals surface area contributed by atoms with Crippen molar-refractivity contribution in [3.8, 4) is 16.9 Å². The number of rotatable bonds is 4. The predicted octanol–water partition coefficient (Wildman–Crippen LogP) is 2.39. The topological polar surface area (TPSA) is 129 Å². The molecule has 2 aliphatic rings. The Hall–Kier alpha value is -4.41. The standard InChI is InChI=1S/C26H27N7O4/c1-16-11-20(22-23(34)27-15-30-33(16)22)24(35)31-8-5-26(6-9-31)7-10-32(25(26)36)18-3-4-19(21(12-18)37-2)17-13-28-29-14-17/h3-4,11-15H,5-10H2,1-2H3,(H,28,29)(H,27,30,34). The summed E-state index contributed by atoms with van der Waals surface area (Å²) >= 11 is 0. The van der Waals surface area contributed by atoms with Crippen molar-refractivity contribution in [2.45, 2.75) is 26.2 Å². The minimum atomic E-state index is -0.495. The third-order valence-corrected chi connectivity index (χ3v) is 7.80. The van der Waals surface area contributed by atoms with Crippen molar-refractivity contribution in [3.63, 3.8) is 0 Å². The van der Waals surface area contributed by atoms with Gasteiger partial charge in [0.05, 0.1) is 24.3 Å². The van der Waals surface area contributed by atoms with E-state index in [0.717, 1.165) is 23.2 Å². The van der Waals surface area contributed by atoms with Gasteiger partial charge < -0.3 is 19.5 Å². The van der Waals surface area contributed by atoms with Gasteiger partial charge in [-0.05, 0) is 44.4 Å². The van der Waals surface area contributed by atoms with Gasteiger partial charge in [0, 0.05) is 54.4 Å². The Morgan fingerprint density at radius 2 is 1.89 bits per heavy atom. The van der Waals surface area contributed by atoms with Crippen molar-refractivity contribution >= 4 is 23.0 Å². The molecule has 0 radical (unpaired) electrons. The number of nitrogens with one attached hydrogen (secondary N) is 2. The first-order valence-corrected chi connectivity index (χ1v) is 12.3. The SMILES string of the molecule is COc1cc(N2CCC3(CCN(C(=O)c4cc(C)n5nc[nH]c(=O)c45)CC3)C2=O)ccc1-c1cn[nH]c1. The lowest BCUT2D eigenvalue weighted by Crippen LogP contribution is -2.46. The van der Waals surface area contributed by atoms with Crippen LogP contribution in [-0.4, -0.2) is 68.3 Å². The molecule has 6 rings (SSSR count). The van der Waals surface area contributed by atoms with Crippen LogP contribution < -0.4 is 15.2 Å². The third kappa shape index (κ3) is 3.61. The predicted molar refractivity (Wildman–Crippen MR) is 136 cm³/mol. The largest absolute Gasteiger partial charge is 0.496 e. The number of anilines is 1. The number of aromatic nitrogens is 5. The molecule has 4 aromatic rings. The lowest BCUT2D eigenvalue weighted by molar-refractivity contribution is -0.127. The minimum absolute atomic E-state index is 0.0866. The summed E-state index contributed by atoms with van der Waals surface area (Å²) in [5.74, 6) is 0.553. The first-order chi connectivity index (χ1) is 17.9. The van der Waals surface area contributed by atoms with E-state index in [4.69, 9.17) is 4.74 Å². The molecule has 2 saturated heterocycles. The Bertz CT molecular complexity index is 1560. The average Bonchev–Trinajstić information content (AvgIpc) is 3.64. The van der Waals surface area contributed by atoms with Gasteiger partial charge >= 0.3 is 0 Å². The highest BCUT2D eigenvalue weighted by molar-refractivity contribution is 6.02. The van der Waals surface area contributed by atoms with Gasteiger partial charge in [0.25, 0.3) is 11.5 Å². The summed E-state index contributed by atoms with van der Waals surface area (Å²) in [7, 11) is 1.61. The van der Waals surface area contributed by atoms with Crippen LogP contribution in [0.3, 0.4) is 0 Å². The third-order valence-electron chi connectivity index (χ3n) is 7.80. The molecule has 2 amide bonds. The zero-order valence-electron chi connectivity index (χ0n) is 20.7. The second-order valence-electron chi connectivity index (χ2n) is 9.73. The number of aromatic amines is 2. The van der Waals surface area contributed by atoms with Crippen LogP contribution >= 0.6 is 0 Å². The number of benzene rings is 1. The lowest BCUT2D eigenvalue weighted by Gasteiger charge is -2.38. The molecule has 2 fully saturated rings. The van der Waals surface area contributed by atoms with Crippen molar-refractivity contribution in [1.82, 2.24) is 29.7 Å². The molecule has 190 valence electrons. The van der Waals surface area contributed by atoms with Crippen molar-refractivity contribution < 1.29 is 14.3 Å². The van der Waals surface area contributed by atoms with Crippen LogP contribution in [0.1, 0.15) is 35.3 Å². The number of methoxy groups -OCH3 is 1. The molecule has 2 aliphatic heterocycles. The van der Waals surface area contributed by atoms with E-state index in [-0.39, 0.29) is 22.9 Å². The number of H-pyrrole nitrogens is 2. The molecule has 0 aliphatic carbocycles. The fourth-order valence-electron chi connectivity index (χ4n) is 5.70. The quantitative estimate of drug-likeness (QED) is 0.442. The van der Waals surface area contributed by atoms with Crippen LogP contribution in [0.5, 0.6) is 5.75 Å². The first kappa shape index (κ1) is 23.0. The van der Waals surface area contributed by atoms with Crippen LogP contribution in [0, 0.1) is 12.3 Å². The molecule has 11 nitrogen and oxygen atoms in total. The Morgan fingerprint density at radius 1 is 1.11 bits per heavy atom. The highest BCUT2D eigenvalue weighted by atomic mass is 16.5. The minimum Gasteiger partial charge on any atom is -0.496 e. The number of ether oxygens (including phenoxy) is 1. The van der Waals surface area contributed by atoms with E-state index in [1.165, 1.54) is 10.8 Å². The van der Waals surface area contributed by atoms with Gasteiger partial charge in [-0.3, -0.25) is 19.5 Å². The molecule has 0 unspecified atom stereocenters. The second kappa shape index (κ2) is 8.61. The Morgan fingerprint density at radius 3 is 2.62 bits per heavy atom. The number of carbonyl (C=O) groups is 2. The number of nitrogens with zero attached hydrogens (tertiary/aromatic N) is 5. The summed E-state index contributed by atoms with van der Waals surface area (Å²) in [4.78, 5) is 45.6. The summed E-state index contributed by atoms with van der Waals surface area (Å²) < 4.78 is 7.10. The maximum absolute atomic E-state index is 13.7. The molecule has 2 N–H and O–H groups in total. The van der Waals surface area contributed by atoms with Gasteiger partial charge in [-0.2, -0.15) is 10.2 Å². The van der Waals surface area contributed by atoms with E-state index >= 15 is 0 Å². The fraction of sp³-hybridized carbons (Fsp3) is 0.346. The zero-order valence-corrected chi connectivity index (χ0v) is 20.7. The zero-order chi connectivity index (χ0) is 25.7. The van der Waals surface area contributed by atoms with E-state index in [1.54, 1.807) is 30.5 Å². The number of carbonyl (C=O) groups excluding carboxylic acids is 2. The van der Waals surface area contributed by atoms with Crippen LogP contribution in [0.25, 0.3) is 16.6 Å². The van der Waals surface area contributed by atoms with E-state index in [9.17, 15) is 14.4 Å². The number of piperidine rings is 1. The van der Waals surface area contributed by atoms with Crippen molar-refractivity contribution in [2.75, 3.05) is 31.6 Å². The summed E-state index contributed by atoms with van der Waals surface area (Å²) in [6, 6.07) is 7.48. The summed E-state index contributed by atoms with van der Waals surface area (Å²) in [5, 5.41) is 11.0. The molecule has 0 atom stereocenters. The number of hydrogen-bond acceptors (Lipinski definition) is 6. The molecule has 1 aromatic carbocycles. The number of likely N-dealkylation sites (tertiary alicyclic amines) is 1. The summed E-state index contributed by atoms with van der Waals surface area (Å²) in [5.41, 5.74) is 3.07. The monoisotopic (exact) mass is 501 g/mol. The highest BCUT2D eigenvalue weighted by Gasteiger charge is 2.49. The van der Waals surface area contributed by atoms with Crippen LogP contribution in [-0.2, 0) is 4.79 Å². The van der Waals surface area contributed by atoms with Crippen molar-refractivity contribution in [3.05, 3.63) is 64.6 Å². The van der Waals surface area contributed by atoms with Gasteiger partial charge in [-0.15, -0.1) is 0 Å². The van der Waals surface area contributed by atoms with Gasteiger partial charge in [0.1, 0.15) is 17.6 Å². The fourth-order valence-corrected chi connectivity index (χ4v) is 5.70. The van der Waals surface area contributed by atoms with Crippen molar-refractivity contribution in [1.29, 1.82) is 0 Å². The van der Waals surface area contributed by atoms with Crippen LogP contribution in [0.15, 0.2) is 47.8 Å². The van der Waals surface area contributed by atoms with E-state index in [0.29, 0.717) is 49.5 Å². The summed E-state index contributed by atoms with van der Waals surface area (Å²) in [6.45, 7) is 3.33. The maximum atomic E-state index is 13.7. The van der Waals surface area contributed by atoms with Gasteiger partial charge in [-0.25, -0.2) is 4.52 Å². The van der Waals surface area contributed by atoms with Gasteiger partial charge in [0.15, 0.2) is 0 Å². The molecular formula is C26H27N7O4. The molecule has 0 saturated carbocycles. The molecule has 0 bridgehead atoms. The molecular weight excluding hydrogens is 474 g/mol. The van der Waals surface area contributed by atoms with Gasteiger partial charge in [0.2, 0.25) is 5.91 Å². The number of amides is 2. The van der Waals surface area contributed by atoms with Crippen molar-refractivity contribution in [2.24, 2.45) is 5.41 Å². The van der Waals surface area contributed by atoms with E-state index < -0.39 is 5.41 Å². The average molecular weight is 502 g/mol. The smallest absolute Gasteiger partial charge is 0.275 e.